The molecule has 3 aromatic heterocycles. The summed E-state index contributed by atoms with van der Waals surface area (Å²) < 4.78 is 5.73. The number of nitrogens with zero attached hydrogens (tertiary/aromatic N) is 6. The molecule has 0 fully saturated rings. The largest absolute Gasteiger partial charge is 0.322 e. The molecule has 0 aliphatic heterocycles. The molecule has 0 amide bonds. The summed E-state index contributed by atoms with van der Waals surface area (Å²) in [5, 5.41) is 5.31. The monoisotopic (exact) mass is 482 g/mol. The minimum atomic E-state index is -0.170. The van der Waals surface area contributed by atoms with Gasteiger partial charge in [0.2, 0.25) is 0 Å². The van der Waals surface area contributed by atoms with Gasteiger partial charge < -0.3 is 4.57 Å². The van der Waals surface area contributed by atoms with Crippen LogP contribution in [0.3, 0.4) is 0 Å². The van der Waals surface area contributed by atoms with E-state index in [1.807, 2.05) is 36.4 Å². The summed E-state index contributed by atoms with van der Waals surface area (Å²) in [6, 6.07) is 15.8. The van der Waals surface area contributed by atoms with Crippen LogP contribution in [0, 0.1) is 0 Å². The van der Waals surface area contributed by atoms with Crippen LogP contribution < -0.4 is 5.56 Å². The van der Waals surface area contributed by atoms with Gasteiger partial charge in [0.05, 0.1) is 17.6 Å². The number of hydrogen-bond donors (Lipinski definition) is 0. The van der Waals surface area contributed by atoms with Gasteiger partial charge in [-0.25, -0.2) is 14.6 Å². The highest BCUT2D eigenvalue weighted by molar-refractivity contribution is 9.10. The average molecular weight is 484 g/mol. The Morgan fingerprint density at radius 3 is 2.70 bits per heavy atom. The molecule has 0 bridgehead atoms. The Balaban J connectivity index is 1.64. The predicted octanol–water partition coefficient (Wildman–Crippen LogP) is 3.99. The molecule has 7 nitrogen and oxygen atoms in total. The van der Waals surface area contributed by atoms with Crippen LogP contribution in [0.4, 0.5) is 0 Å². The zero-order valence-corrected chi connectivity index (χ0v) is 18.3. The molecule has 0 aliphatic carbocycles. The number of hydrogen-bond acceptors (Lipinski definition) is 4. The van der Waals surface area contributed by atoms with Crippen molar-refractivity contribution in [2.24, 2.45) is 7.05 Å². The van der Waals surface area contributed by atoms with E-state index in [2.05, 4.69) is 42.7 Å². The summed E-state index contributed by atoms with van der Waals surface area (Å²) in [7, 11) is 1.76. The molecule has 3 heterocycles. The van der Waals surface area contributed by atoms with Crippen molar-refractivity contribution in [1.29, 1.82) is 0 Å². The normalized spacial score (nSPS) is 11.6. The van der Waals surface area contributed by atoms with Crippen molar-refractivity contribution in [2.75, 3.05) is 0 Å². The molecule has 0 saturated carbocycles. The molecule has 0 N–H and O–H groups in total. The van der Waals surface area contributed by atoms with E-state index in [0.29, 0.717) is 27.2 Å². The average Bonchev–Trinajstić information content (AvgIpc) is 3.21. The highest BCUT2D eigenvalue weighted by Crippen LogP contribution is 2.23. The third-order valence-corrected chi connectivity index (χ3v) is 5.84. The summed E-state index contributed by atoms with van der Waals surface area (Å²) >= 11 is 9.54. The SMILES string of the molecule is Cn1nc(Br)c2c(=O)n(Cc3nc4cc(Cl)ccc4n3Cc3ccccc3)cnc21. The number of aromatic nitrogens is 6. The van der Waals surface area contributed by atoms with Crippen molar-refractivity contribution in [3.8, 4) is 0 Å². The van der Waals surface area contributed by atoms with E-state index in [-0.39, 0.29) is 12.1 Å². The molecule has 0 aliphatic rings. The molecule has 150 valence electrons. The van der Waals surface area contributed by atoms with Crippen molar-refractivity contribution >= 4 is 49.6 Å². The second-order valence-electron chi connectivity index (χ2n) is 7.02. The van der Waals surface area contributed by atoms with Crippen LogP contribution in [-0.4, -0.2) is 28.9 Å². The van der Waals surface area contributed by atoms with E-state index < -0.39 is 0 Å². The summed E-state index contributed by atoms with van der Waals surface area (Å²) in [4.78, 5) is 22.3. The molecule has 0 radical (unpaired) electrons. The highest BCUT2D eigenvalue weighted by atomic mass is 79.9. The van der Waals surface area contributed by atoms with Crippen LogP contribution in [0.2, 0.25) is 5.02 Å². The maximum atomic E-state index is 13.1. The minimum Gasteiger partial charge on any atom is -0.322 e. The van der Waals surface area contributed by atoms with Crippen LogP contribution >= 0.6 is 27.5 Å². The van der Waals surface area contributed by atoms with E-state index >= 15 is 0 Å². The van der Waals surface area contributed by atoms with Crippen molar-refractivity contribution in [1.82, 2.24) is 28.9 Å². The third kappa shape index (κ3) is 3.22. The second kappa shape index (κ2) is 7.37. The summed E-state index contributed by atoms with van der Waals surface area (Å²) in [6.45, 7) is 0.914. The molecule has 0 atom stereocenters. The van der Waals surface area contributed by atoms with Gasteiger partial charge in [-0.05, 0) is 39.7 Å². The summed E-state index contributed by atoms with van der Waals surface area (Å²) in [5.41, 5.74) is 3.26. The smallest absolute Gasteiger partial charge is 0.266 e. The van der Waals surface area contributed by atoms with Gasteiger partial charge in [-0.1, -0.05) is 41.9 Å². The molecular formula is C21H16BrClN6O. The molecular weight excluding hydrogens is 468 g/mol. The Morgan fingerprint density at radius 1 is 1.10 bits per heavy atom. The first-order valence-corrected chi connectivity index (χ1v) is 10.4. The van der Waals surface area contributed by atoms with Gasteiger partial charge >= 0.3 is 0 Å². The molecule has 0 unspecified atom stereocenters. The van der Waals surface area contributed by atoms with Gasteiger partial charge in [0.1, 0.15) is 22.1 Å². The van der Waals surface area contributed by atoms with E-state index in [4.69, 9.17) is 16.6 Å². The molecule has 5 rings (SSSR count). The Bertz CT molecular complexity index is 1450. The number of imidazole rings is 1. The standard InChI is InChI=1S/C21H16BrClN6O/c1-27-20-18(19(22)26-27)21(30)28(12-24-20)11-17-25-15-9-14(23)7-8-16(15)29(17)10-13-5-3-2-4-6-13/h2-9,12H,10-11H2,1H3. The number of aryl methyl sites for hydroxylation is 1. The van der Waals surface area contributed by atoms with Crippen LogP contribution in [0.25, 0.3) is 22.1 Å². The lowest BCUT2D eigenvalue weighted by Gasteiger charge is -2.11. The van der Waals surface area contributed by atoms with Crippen molar-refractivity contribution in [2.45, 2.75) is 13.1 Å². The predicted molar refractivity (Wildman–Crippen MR) is 120 cm³/mol. The zero-order valence-electron chi connectivity index (χ0n) is 16.0. The first-order valence-electron chi connectivity index (χ1n) is 9.27. The molecule has 5 aromatic rings. The van der Waals surface area contributed by atoms with E-state index in [1.165, 1.54) is 6.33 Å². The fraction of sp³-hybridized carbons (Fsp3) is 0.143. The number of halogens is 2. The summed E-state index contributed by atoms with van der Waals surface area (Å²) in [6.07, 6.45) is 1.54. The zero-order chi connectivity index (χ0) is 20.8. The van der Waals surface area contributed by atoms with Crippen molar-refractivity contribution in [3.05, 3.63) is 86.2 Å². The van der Waals surface area contributed by atoms with Crippen molar-refractivity contribution < 1.29 is 0 Å². The van der Waals surface area contributed by atoms with Gasteiger partial charge in [0, 0.05) is 18.6 Å². The number of fused-ring (bicyclic) bond motifs is 2. The quantitative estimate of drug-likeness (QED) is 0.387. The Morgan fingerprint density at radius 2 is 1.90 bits per heavy atom. The number of rotatable bonds is 4. The lowest BCUT2D eigenvalue weighted by atomic mass is 10.2. The van der Waals surface area contributed by atoms with E-state index in [9.17, 15) is 4.79 Å². The van der Waals surface area contributed by atoms with Gasteiger partial charge in [-0.15, -0.1) is 0 Å². The maximum absolute atomic E-state index is 13.1. The first kappa shape index (κ1) is 19.0. The lowest BCUT2D eigenvalue weighted by Crippen LogP contribution is -2.23. The molecule has 0 spiro atoms. The highest BCUT2D eigenvalue weighted by Gasteiger charge is 2.17. The molecule has 2 aromatic carbocycles. The fourth-order valence-electron chi connectivity index (χ4n) is 3.62. The molecule has 9 heteroatoms. The first-order chi connectivity index (χ1) is 14.5. The minimum absolute atomic E-state index is 0.170. The number of benzene rings is 2. The van der Waals surface area contributed by atoms with Crippen LogP contribution in [0.1, 0.15) is 11.4 Å². The maximum Gasteiger partial charge on any atom is 0.266 e. The lowest BCUT2D eigenvalue weighted by molar-refractivity contribution is 0.655. The van der Waals surface area contributed by atoms with Crippen LogP contribution in [-0.2, 0) is 20.1 Å². The fourth-order valence-corrected chi connectivity index (χ4v) is 4.37. The van der Waals surface area contributed by atoms with Crippen molar-refractivity contribution in [3.63, 3.8) is 0 Å². The van der Waals surface area contributed by atoms with Gasteiger partial charge in [-0.2, -0.15) is 5.10 Å². The summed E-state index contributed by atoms with van der Waals surface area (Å²) in [5.74, 6) is 0.749. The van der Waals surface area contributed by atoms with Gasteiger partial charge in [-0.3, -0.25) is 9.36 Å². The topological polar surface area (TPSA) is 70.5 Å². The van der Waals surface area contributed by atoms with Gasteiger partial charge in [0.25, 0.3) is 5.56 Å². The van der Waals surface area contributed by atoms with Crippen LogP contribution in [0.5, 0.6) is 0 Å². The molecule has 30 heavy (non-hydrogen) atoms. The Hall–Kier alpha value is -2.97. The molecule has 0 saturated heterocycles. The van der Waals surface area contributed by atoms with E-state index in [0.717, 1.165) is 22.4 Å². The van der Waals surface area contributed by atoms with Gasteiger partial charge in [0.15, 0.2) is 5.65 Å². The Labute approximate surface area is 184 Å². The Kier molecular flexibility index (Phi) is 4.67. The third-order valence-electron chi connectivity index (χ3n) is 5.05. The van der Waals surface area contributed by atoms with E-state index in [1.54, 1.807) is 16.3 Å². The van der Waals surface area contributed by atoms with Crippen LogP contribution in [0.15, 0.2) is 64.3 Å². The second-order valence-corrected chi connectivity index (χ2v) is 8.21.